The molecule has 0 radical (unpaired) electrons. The van der Waals surface area contributed by atoms with Gasteiger partial charge < -0.3 is 4.90 Å². The molecule has 38 heavy (non-hydrogen) atoms. The van der Waals surface area contributed by atoms with Crippen molar-refractivity contribution < 1.29 is 13.2 Å². The van der Waals surface area contributed by atoms with Gasteiger partial charge in [0.1, 0.15) is 0 Å². The molecule has 3 aromatic rings. The second kappa shape index (κ2) is 12.0. The number of carbonyl (C=O) groups excluding carboxylic acids is 1. The molecule has 3 aromatic carbocycles. The lowest BCUT2D eigenvalue weighted by Gasteiger charge is -2.40. The van der Waals surface area contributed by atoms with E-state index in [9.17, 15) is 13.2 Å². The molecule has 1 amide bonds. The van der Waals surface area contributed by atoms with Crippen molar-refractivity contribution in [1.82, 2.24) is 14.1 Å². The first kappa shape index (κ1) is 26.9. The van der Waals surface area contributed by atoms with E-state index < -0.39 is 10.0 Å². The van der Waals surface area contributed by atoms with Crippen LogP contribution in [0, 0.1) is 0 Å². The predicted molar refractivity (Wildman–Crippen MR) is 151 cm³/mol. The molecule has 0 bridgehead atoms. The molecule has 0 aromatic heterocycles. The van der Waals surface area contributed by atoms with Crippen LogP contribution in [0.25, 0.3) is 0 Å². The lowest BCUT2D eigenvalue weighted by atomic mass is 9.96. The molecule has 0 N–H and O–H groups in total. The van der Waals surface area contributed by atoms with Crippen LogP contribution in [-0.2, 0) is 10.0 Å². The van der Waals surface area contributed by atoms with Crippen molar-refractivity contribution in [1.29, 1.82) is 0 Å². The Kier molecular flexibility index (Phi) is 8.48. The number of rotatable bonds is 6. The van der Waals surface area contributed by atoms with E-state index in [1.165, 1.54) is 29.3 Å². The Morgan fingerprint density at radius 2 is 1.26 bits per heavy atom. The highest BCUT2D eigenvalue weighted by Gasteiger charge is 2.31. The third kappa shape index (κ3) is 5.81. The van der Waals surface area contributed by atoms with Gasteiger partial charge in [-0.15, -0.1) is 0 Å². The normalized spacial score (nSPS) is 17.9. The van der Waals surface area contributed by atoms with Gasteiger partial charge in [-0.1, -0.05) is 85.1 Å². The fourth-order valence-electron chi connectivity index (χ4n) is 5.50. The number of piperazine rings is 1. The van der Waals surface area contributed by atoms with E-state index in [-0.39, 0.29) is 27.4 Å². The van der Waals surface area contributed by atoms with Gasteiger partial charge in [0.05, 0.1) is 21.5 Å². The van der Waals surface area contributed by atoms with Crippen LogP contribution in [0.3, 0.4) is 0 Å². The Morgan fingerprint density at radius 1 is 0.711 bits per heavy atom. The highest BCUT2D eigenvalue weighted by Crippen LogP contribution is 2.31. The van der Waals surface area contributed by atoms with Gasteiger partial charge in [-0.3, -0.25) is 9.69 Å². The molecular formula is C30H34ClN3O3S. The van der Waals surface area contributed by atoms with Crippen molar-refractivity contribution in [3.05, 3.63) is 101 Å². The number of carbonyl (C=O) groups is 1. The van der Waals surface area contributed by atoms with Crippen LogP contribution in [0.2, 0.25) is 5.02 Å². The summed E-state index contributed by atoms with van der Waals surface area (Å²) in [5, 5.41) is 0.277. The summed E-state index contributed by atoms with van der Waals surface area (Å²) in [4.78, 5) is 17.9. The highest BCUT2D eigenvalue weighted by molar-refractivity contribution is 7.89. The minimum atomic E-state index is -3.67. The van der Waals surface area contributed by atoms with Crippen molar-refractivity contribution >= 4 is 27.5 Å². The summed E-state index contributed by atoms with van der Waals surface area (Å²) >= 11 is 6.45. The quantitative estimate of drug-likeness (QED) is 0.408. The number of nitrogens with zero attached hydrogens (tertiary/aromatic N) is 3. The lowest BCUT2D eigenvalue weighted by molar-refractivity contribution is 0.0597. The van der Waals surface area contributed by atoms with Crippen molar-refractivity contribution in [3.63, 3.8) is 0 Å². The zero-order valence-electron chi connectivity index (χ0n) is 21.5. The van der Waals surface area contributed by atoms with Crippen LogP contribution in [0.15, 0.2) is 83.8 Å². The lowest BCUT2D eigenvalue weighted by Crippen LogP contribution is -2.50. The van der Waals surface area contributed by atoms with E-state index >= 15 is 0 Å². The van der Waals surface area contributed by atoms with Crippen LogP contribution in [0.5, 0.6) is 0 Å². The molecule has 0 saturated carbocycles. The Labute approximate surface area is 230 Å². The summed E-state index contributed by atoms with van der Waals surface area (Å²) < 4.78 is 28.2. The predicted octanol–water partition coefficient (Wildman–Crippen LogP) is 5.45. The zero-order chi connectivity index (χ0) is 26.5. The maximum atomic E-state index is 13.6. The largest absolute Gasteiger partial charge is 0.336 e. The van der Waals surface area contributed by atoms with E-state index in [1.54, 1.807) is 9.21 Å². The Hall–Kier alpha value is -2.71. The second-order valence-corrected chi connectivity index (χ2v) is 12.4. The summed E-state index contributed by atoms with van der Waals surface area (Å²) in [6, 6.07) is 25.5. The summed E-state index contributed by atoms with van der Waals surface area (Å²) in [7, 11) is -3.67. The van der Waals surface area contributed by atoms with Crippen molar-refractivity contribution in [3.8, 4) is 0 Å². The number of amides is 1. The summed E-state index contributed by atoms with van der Waals surface area (Å²) in [6.07, 6.45) is 3.79. The number of benzene rings is 3. The number of halogens is 1. The molecule has 2 saturated heterocycles. The second-order valence-electron chi connectivity index (χ2n) is 10.0. The Morgan fingerprint density at radius 3 is 1.82 bits per heavy atom. The molecule has 2 heterocycles. The molecular weight excluding hydrogens is 518 g/mol. The molecule has 5 rings (SSSR count). The van der Waals surface area contributed by atoms with Crippen LogP contribution in [0.4, 0.5) is 0 Å². The van der Waals surface area contributed by atoms with Gasteiger partial charge in [-0.2, -0.15) is 4.31 Å². The fourth-order valence-corrected chi connectivity index (χ4v) is 7.24. The van der Waals surface area contributed by atoms with Gasteiger partial charge in [0, 0.05) is 39.3 Å². The van der Waals surface area contributed by atoms with Gasteiger partial charge in [0.15, 0.2) is 0 Å². The minimum Gasteiger partial charge on any atom is -0.336 e. The SMILES string of the molecule is O=C(c1cc(S(=O)(=O)N2CCCCCC2)ccc1Cl)N1CCN(C(c2ccccc2)c2ccccc2)CC1. The molecule has 0 atom stereocenters. The topological polar surface area (TPSA) is 60.9 Å². The van der Waals surface area contributed by atoms with Crippen LogP contribution in [-0.4, -0.2) is 67.7 Å². The fraction of sp³-hybridized carbons (Fsp3) is 0.367. The Bertz CT molecular complexity index is 1300. The van der Waals surface area contributed by atoms with Crippen LogP contribution >= 0.6 is 11.6 Å². The average Bonchev–Trinajstić information content (AvgIpc) is 3.25. The molecule has 2 aliphatic heterocycles. The molecule has 0 unspecified atom stereocenters. The van der Waals surface area contributed by atoms with Gasteiger partial charge in [-0.25, -0.2) is 8.42 Å². The molecule has 0 aliphatic carbocycles. The van der Waals surface area contributed by atoms with Crippen molar-refractivity contribution in [2.75, 3.05) is 39.3 Å². The molecule has 2 fully saturated rings. The zero-order valence-corrected chi connectivity index (χ0v) is 23.1. The molecule has 200 valence electrons. The first-order chi connectivity index (χ1) is 18.4. The molecule has 2 aliphatic rings. The number of hydrogen-bond acceptors (Lipinski definition) is 4. The monoisotopic (exact) mass is 551 g/mol. The van der Waals surface area contributed by atoms with Gasteiger partial charge in [0.25, 0.3) is 5.91 Å². The molecule has 0 spiro atoms. The van der Waals surface area contributed by atoms with Crippen molar-refractivity contribution in [2.45, 2.75) is 36.6 Å². The summed E-state index contributed by atoms with van der Waals surface area (Å²) in [5.41, 5.74) is 2.68. The number of sulfonamides is 1. The van der Waals surface area contributed by atoms with Gasteiger partial charge in [0.2, 0.25) is 10.0 Å². The first-order valence-electron chi connectivity index (χ1n) is 13.4. The van der Waals surface area contributed by atoms with Gasteiger partial charge in [-0.05, 0) is 42.2 Å². The molecule has 8 heteroatoms. The van der Waals surface area contributed by atoms with Crippen molar-refractivity contribution in [2.24, 2.45) is 0 Å². The Balaban J connectivity index is 1.33. The average molecular weight is 552 g/mol. The van der Waals surface area contributed by atoms with E-state index in [0.717, 1.165) is 25.7 Å². The van der Waals surface area contributed by atoms with Crippen LogP contribution < -0.4 is 0 Å². The van der Waals surface area contributed by atoms with E-state index in [4.69, 9.17) is 11.6 Å². The minimum absolute atomic E-state index is 0.0975. The third-order valence-electron chi connectivity index (χ3n) is 7.57. The summed E-state index contributed by atoms with van der Waals surface area (Å²) in [5.74, 6) is -0.224. The van der Waals surface area contributed by atoms with Crippen LogP contribution in [0.1, 0.15) is 53.2 Å². The molecule has 6 nitrogen and oxygen atoms in total. The highest BCUT2D eigenvalue weighted by atomic mass is 35.5. The smallest absolute Gasteiger partial charge is 0.255 e. The maximum Gasteiger partial charge on any atom is 0.255 e. The van der Waals surface area contributed by atoms with E-state index in [1.807, 2.05) is 12.1 Å². The summed E-state index contributed by atoms with van der Waals surface area (Å²) in [6.45, 7) is 3.50. The van der Waals surface area contributed by atoms with E-state index in [0.29, 0.717) is 39.3 Å². The number of hydrogen-bond donors (Lipinski definition) is 0. The third-order valence-corrected chi connectivity index (χ3v) is 9.79. The van der Waals surface area contributed by atoms with E-state index in [2.05, 4.69) is 53.4 Å². The first-order valence-corrected chi connectivity index (χ1v) is 15.2. The standard InChI is InChI=1S/C30H34ClN3O3S/c31-28-16-15-26(38(36,37)34-17-9-1-2-10-18-34)23-27(28)30(35)33-21-19-32(20-22-33)29(24-11-5-3-6-12-24)25-13-7-4-8-14-25/h3-8,11-16,23,29H,1-2,9-10,17-22H2. The van der Waals surface area contributed by atoms with Gasteiger partial charge >= 0.3 is 0 Å². The maximum absolute atomic E-state index is 13.6.